The Morgan fingerprint density at radius 3 is 1.89 bits per heavy atom. The second kappa shape index (κ2) is 5.06. The van der Waals surface area contributed by atoms with E-state index >= 15 is 4.39 Å². The molecular formula is C11H19B5FNO. The fourth-order valence-corrected chi connectivity index (χ4v) is 3.21. The van der Waals surface area contributed by atoms with Gasteiger partial charge in [0.2, 0.25) is 5.85 Å². The highest BCUT2D eigenvalue weighted by molar-refractivity contribution is 6.67. The lowest BCUT2D eigenvalue weighted by atomic mass is 9.59. The molecule has 8 heteroatoms. The van der Waals surface area contributed by atoms with Crippen molar-refractivity contribution in [1.29, 1.82) is 0 Å². The van der Waals surface area contributed by atoms with Gasteiger partial charge in [-0.3, -0.25) is 0 Å². The van der Waals surface area contributed by atoms with E-state index in [2.05, 4.69) is 13.2 Å². The first-order chi connectivity index (χ1) is 8.78. The molecule has 1 fully saturated rings. The molecule has 0 aliphatic carbocycles. The molecule has 19 heavy (non-hydrogen) atoms. The minimum atomic E-state index is -2.28. The molecule has 1 aromatic rings. The first-order valence-corrected chi connectivity index (χ1v) is 7.00. The highest BCUT2D eigenvalue weighted by Crippen LogP contribution is 2.28. The summed E-state index contributed by atoms with van der Waals surface area (Å²) in [6.07, 6.45) is 1.59. The van der Waals surface area contributed by atoms with Crippen molar-refractivity contribution in [3.05, 3.63) is 5.56 Å². The number of hydrogen-bond acceptors (Lipinski definition) is 2. The Bertz CT molecular complexity index is 487. The number of benzene rings is 1. The molecular weight excluding hydrogens is 235 g/mol. The molecule has 1 aliphatic rings. The predicted molar refractivity (Wildman–Crippen MR) is 93.4 cm³/mol. The van der Waals surface area contributed by atoms with Crippen LogP contribution in [0.1, 0.15) is 18.4 Å². The Morgan fingerprint density at radius 1 is 1.00 bits per heavy atom. The molecule has 2 rings (SSSR count). The highest BCUT2D eigenvalue weighted by Gasteiger charge is 2.42. The third kappa shape index (κ3) is 2.29. The van der Waals surface area contributed by atoms with Crippen LogP contribution < -0.4 is 32.6 Å². The second-order valence-electron chi connectivity index (χ2n) is 5.82. The number of hydrogen-bond donors (Lipinski definition) is 2. The fraction of sp³-hybridized carbons (Fsp3) is 0.455. The Kier molecular flexibility index (Phi) is 3.94. The normalized spacial score (nSPS) is 22.3. The minimum Gasteiger partial charge on any atom is -0.357 e. The molecule has 0 radical (unpaired) electrons. The van der Waals surface area contributed by atoms with Crippen LogP contribution in [0.3, 0.4) is 0 Å². The van der Waals surface area contributed by atoms with Crippen molar-refractivity contribution in [3.8, 4) is 0 Å². The van der Waals surface area contributed by atoms with E-state index in [9.17, 15) is 5.11 Å². The van der Waals surface area contributed by atoms with Gasteiger partial charge in [0.25, 0.3) is 0 Å². The summed E-state index contributed by atoms with van der Waals surface area (Å²) in [7, 11) is 9.87. The van der Waals surface area contributed by atoms with Crippen LogP contribution in [0.4, 0.5) is 4.39 Å². The van der Waals surface area contributed by atoms with E-state index in [0.29, 0.717) is 12.0 Å². The van der Waals surface area contributed by atoms with Gasteiger partial charge in [0, 0.05) is 5.56 Å². The number of nitrogens with one attached hydrogen (secondary N) is 1. The van der Waals surface area contributed by atoms with Gasteiger partial charge in [0.1, 0.15) is 39.2 Å². The van der Waals surface area contributed by atoms with Crippen molar-refractivity contribution < 1.29 is 9.50 Å². The Hall–Kier alpha value is -0.605. The van der Waals surface area contributed by atoms with Gasteiger partial charge in [-0.15, -0.1) is 16.4 Å². The number of halogens is 1. The summed E-state index contributed by atoms with van der Waals surface area (Å²) in [6.45, 7) is 0.777. The Labute approximate surface area is 119 Å². The van der Waals surface area contributed by atoms with Gasteiger partial charge in [-0.1, -0.05) is 10.9 Å². The van der Waals surface area contributed by atoms with Crippen LogP contribution in [-0.2, 0) is 5.85 Å². The fourth-order valence-electron chi connectivity index (χ4n) is 3.21. The highest BCUT2D eigenvalue weighted by atomic mass is 19.2. The van der Waals surface area contributed by atoms with Crippen LogP contribution in [0.15, 0.2) is 0 Å². The summed E-state index contributed by atoms with van der Waals surface area (Å²) < 4.78 is 15.0. The van der Waals surface area contributed by atoms with E-state index < -0.39 is 11.9 Å². The number of rotatable bonds is 2. The number of aliphatic hydroxyl groups is 1. The summed E-state index contributed by atoms with van der Waals surface area (Å²) >= 11 is 0. The molecule has 2 atom stereocenters. The van der Waals surface area contributed by atoms with Gasteiger partial charge in [-0.2, -0.15) is 0 Å². The molecule has 1 heterocycles. The first-order valence-electron chi connectivity index (χ1n) is 7.00. The average Bonchev–Trinajstić information content (AvgIpc) is 2.88. The maximum atomic E-state index is 15.0. The van der Waals surface area contributed by atoms with Crippen molar-refractivity contribution in [2.45, 2.75) is 24.7 Å². The van der Waals surface area contributed by atoms with E-state index in [-0.39, 0.29) is 0 Å². The molecule has 2 nitrogen and oxygen atoms in total. The zero-order valence-corrected chi connectivity index (χ0v) is 12.5. The van der Waals surface area contributed by atoms with Crippen molar-refractivity contribution in [1.82, 2.24) is 5.32 Å². The molecule has 2 N–H and O–H groups in total. The molecule has 1 aliphatic heterocycles. The largest absolute Gasteiger partial charge is 0.357 e. The van der Waals surface area contributed by atoms with Gasteiger partial charge >= 0.3 is 0 Å². The second-order valence-corrected chi connectivity index (χ2v) is 5.82. The first kappa shape index (κ1) is 14.8. The van der Waals surface area contributed by atoms with Gasteiger partial charge in [-0.25, -0.2) is 4.39 Å². The molecule has 1 aromatic carbocycles. The summed E-state index contributed by atoms with van der Waals surface area (Å²) in [4.78, 5) is 0. The Morgan fingerprint density at radius 2 is 1.47 bits per heavy atom. The topological polar surface area (TPSA) is 32.3 Å². The lowest BCUT2D eigenvalue weighted by Gasteiger charge is -2.32. The summed E-state index contributed by atoms with van der Waals surface area (Å²) in [5, 5.41) is 13.5. The Balaban J connectivity index is 2.61. The third-order valence-corrected chi connectivity index (χ3v) is 4.87. The standard InChI is InChI=1S/C11H19B5FNO/c12-6-5(7(13)9(15)10(16)8(6)14)11(17,19)4-2-1-3-18-4/h4,18-19H,1-3,12-16H2/t4-,11+/m0/s1. The lowest BCUT2D eigenvalue weighted by molar-refractivity contribution is -0.119. The zero-order chi connectivity index (χ0) is 14.4. The van der Waals surface area contributed by atoms with E-state index in [0.717, 1.165) is 34.8 Å². The van der Waals surface area contributed by atoms with Crippen LogP contribution in [0.5, 0.6) is 0 Å². The SMILES string of the molecule is Bc1c(B)c(B)c([C@@](O)(F)[C@@H]2CCCN2)c(B)c1B. The van der Waals surface area contributed by atoms with Gasteiger partial charge < -0.3 is 10.4 Å². The smallest absolute Gasteiger partial charge is 0.247 e. The monoisotopic (exact) mass is 255 g/mol. The molecule has 0 aromatic heterocycles. The molecule has 0 unspecified atom stereocenters. The van der Waals surface area contributed by atoms with Gasteiger partial charge in [0.15, 0.2) is 0 Å². The quantitative estimate of drug-likeness (QED) is 0.514. The van der Waals surface area contributed by atoms with Crippen LogP contribution in [0.25, 0.3) is 0 Å². The van der Waals surface area contributed by atoms with E-state index in [1.54, 1.807) is 0 Å². The molecule has 0 bridgehead atoms. The lowest BCUT2D eigenvalue weighted by Crippen LogP contribution is -2.60. The third-order valence-electron chi connectivity index (χ3n) is 4.87. The molecule has 1 saturated heterocycles. The maximum Gasteiger partial charge on any atom is 0.247 e. The molecule has 96 valence electrons. The summed E-state index contributed by atoms with van der Waals surface area (Å²) in [5.41, 5.74) is 5.55. The van der Waals surface area contributed by atoms with Crippen LogP contribution in [-0.4, -0.2) is 56.9 Å². The van der Waals surface area contributed by atoms with Crippen molar-refractivity contribution in [3.63, 3.8) is 0 Å². The summed E-state index contributed by atoms with van der Waals surface area (Å²) in [5.74, 6) is -2.28. The van der Waals surface area contributed by atoms with Crippen molar-refractivity contribution in [2.24, 2.45) is 0 Å². The van der Waals surface area contributed by atoms with Crippen LogP contribution >= 0.6 is 0 Å². The minimum absolute atomic E-state index is 0.465. The number of alkyl halides is 1. The van der Waals surface area contributed by atoms with Gasteiger partial charge in [0.05, 0.1) is 6.04 Å². The van der Waals surface area contributed by atoms with Crippen LogP contribution in [0, 0.1) is 0 Å². The summed E-state index contributed by atoms with van der Waals surface area (Å²) in [6, 6.07) is -0.494. The van der Waals surface area contributed by atoms with Gasteiger partial charge in [-0.05, 0) is 19.4 Å². The van der Waals surface area contributed by atoms with Crippen molar-refractivity contribution in [2.75, 3.05) is 6.54 Å². The van der Waals surface area contributed by atoms with E-state index in [1.807, 2.05) is 31.4 Å². The molecule has 0 saturated carbocycles. The molecule has 0 spiro atoms. The van der Waals surface area contributed by atoms with E-state index in [1.165, 1.54) is 5.46 Å². The van der Waals surface area contributed by atoms with Crippen LogP contribution in [0.2, 0.25) is 0 Å². The average molecular weight is 254 g/mol. The molecule has 0 amide bonds. The van der Waals surface area contributed by atoms with Crippen molar-refractivity contribution >= 4 is 66.5 Å². The zero-order valence-electron chi connectivity index (χ0n) is 12.5. The van der Waals surface area contributed by atoms with E-state index in [4.69, 9.17) is 0 Å². The predicted octanol–water partition coefficient (Wildman–Crippen LogP) is -7.15. The maximum absolute atomic E-state index is 15.0.